The monoisotopic (exact) mass is 429 g/mol. The molecule has 0 aliphatic carbocycles. The van der Waals surface area contributed by atoms with Gasteiger partial charge < -0.3 is 9.72 Å². The Hall–Kier alpha value is -2.74. The fourth-order valence-corrected chi connectivity index (χ4v) is 4.35. The number of thioether (sulfide) groups is 1. The minimum Gasteiger partial charge on any atom is -0.461 e. The molecule has 0 spiro atoms. The maximum atomic E-state index is 13.5. The molecule has 2 unspecified atom stereocenters. The van der Waals surface area contributed by atoms with Gasteiger partial charge in [-0.3, -0.25) is 9.59 Å². The number of rotatable bonds is 8. The summed E-state index contributed by atoms with van der Waals surface area (Å²) in [6, 6.07) is 5.75. The van der Waals surface area contributed by atoms with E-state index in [0.29, 0.717) is 16.4 Å². The van der Waals surface area contributed by atoms with Crippen LogP contribution in [-0.2, 0) is 9.53 Å². The lowest BCUT2D eigenvalue weighted by molar-refractivity contribution is -0.145. The Kier molecular flexibility index (Phi) is 7.20. The summed E-state index contributed by atoms with van der Waals surface area (Å²) in [5.41, 5.74) is 1.04. The highest BCUT2D eigenvalue weighted by molar-refractivity contribution is 7.99. The quantitative estimate of drug-likeness (QED) is 0.221. The van der Waals surface area contributed by atoms with Gasteiger partial charge in [0.05, 0.1) is 5.56 Å². The maximum absolute atomic E-state index is 13.5. The van der Waals surface area contributed by atoms with E-state index in [4.69, 9.17) is 4.74 Å². The first-order chi connectivity index (χ1) is 14.5. The van der Waals surface area contributed by atoms with Gasteiger partial charge in [0.25, 0.3) is 5.56 Å². The summed E-state index contributed by atoms with van der Waals surface area (Å²) in [6.07, 6.45) is 3.52. The van der Waals surface area contributed by atoms with Gasteiger partial charge in [0.1, 0.15) is 18.3 Å². The van der Waals surface area contributed by atoms with E-state index in [2.05, 4.69) is 28.5 Å². The number of nitrogens with zero attached hydrogens (tertiary/aromatic N) is 2. The third kappa shape index (κ3) is 4.70. The Morgan fingerprint density at radius 3 is 2.77 bits per heavy atom. The molecule has 1 aliphatic rings. The molecule has 8 heteroatoms. The fourth-order valence-electron chi connectivity index (χ4n) is 3.41. The number of esters is 1. The van der Waals surface area contributed by atoms with Crippen LogP contribution < -0.4 is 5.56 Å². The van der Waals surface area contributed by atoms with Crippen molar-refractivity contribution in [3.8, 4) is 0 Å². The number of aromatic nitrogens is 2. The molecule has 0 saturated carbocycles. The van der Waals surface area contributed by atoms with Crippen LogP contribution in [0.2, 0.25) is 0 Å². The number of ether oxygens (including phenoxy) is 1. The van der Waals surface area contributed by atoms with Crippen LogP contribution in [0.4, 0.5) is 10.2 Å². The smallest absolute Gasteiger partial charge is 0.315 e. The van der Waals surface area contributed by atoms with Crippen molar-refractivity contribution in [1.82, 2.24) is 9.97 Å². The van der Waals surface area contributed by atoms with Crippen LogP contribution in [0.15, 0.2) is 51.9 Å². The van der Waals surface area contributed by atoms with Crippen molar-refractivity contribution in [3.63, 3.8) is 0 Å². The molecule has 30 heavy (non-hydrogen) atoms. The second-order valence-corrected chi connectivity index (χ2v) is 8.07. The fraction of sp³-hybridized carbons (Fsp3) is 0.364. The Balaban J connectivity index is 2.10. The van der Waals surface area contributed by atoms with Crippen LogP contribution in [0.5, 0.6) is 0 Å². The van der Waals surface area contributed by atoms with Crippen LogP contribution in [0.3, 0.4) is 0 Å². The molecular formula is C22H24FN3O3S. The van der Waals surface area contributed by atoms with E-state index in [9.17, 15) is 14.0 Å². The molecule has 158 valence electrons. The van der Waals surface area contributed by atoms with Gasteiger partial charge in [-0.15, -0.1) is 0 Å². The van der Waals surface area contributed by atoms with E-state index in [1.54, 1.807) is 19.1 Å². The molecule has 1 aromatic heterocycles. The average Bonchev–Trinajstić information content (AvgIpc) is 2.72. The maximum Gasteiger partial charge on any atom is 0.315 e. The number of halogens is 1. The zero-order valence-electron chi connectivity index (χ0n) is 17.0. The molecule has 1 aromatic carbocycles. The highest BCUT2D eigenvalue weighted by atomic mass is 32.2. The largest absolute Gasteiger partial charge is 0.461 e. The van der Waals surface area contributed by atoms with Crippen molar-refractivity contribution in [2.75, 3.05) is 12.4 Å². The number of unbranched alkanes of at least 4 members (excludes halogenated alkanes) is 1. The summed E-state index contributed by atoms with van der Waals surface area (Å²) in [4.78, 5) is 37.7. The molecule has 2 atom stereocenters. The Morgan fingerprint density at radius 2 is 2.10 bits per heavy atom. The number of carbonyl (C=O) groups excluding carboxylic acids is 1. The highest BCUT2D eigenvalue weighted by Gasteiger charge is 2.41. The predicted molar refractivity (Wildman–Crippen MR) is 116 cm³/mol. The van der Waals surface area contributed by atoms with Crippen molar-refractivity contribution in [2.24, 2.45) is 10.9 Å². The zero-order chi connectivity index (χ0) is 21.7. The van der Waals surface area contributed by atoms with Crippen molar-refractivity contribution >= 4 is 29.3 Å². The lowest BCUT2D eigenvalue weighted by atomic mass is 9.77. The molecule has 0 bridgehead atoms. The molecule has 0 amide bonds. The van der Waals surface area contributed by atoms with Crippen LogP contribution in [0, 0.1) is 11.7 Å². The second kappa shape index (κ2) is 9.84. The number of aromatic amines is 1. The van der Waals surface area contributed by atoms with E-state index in [1.807, 2.05) is 0 Å². The zero-order valence-corrected chi connectivity index (χ0v) is 17.8. The topological polar surface area (TPSA) is 84.4 Å². The normalized spacial score (nSPS) is 17.8. The molecule has 2 heterocycles. The summed E-state index contributed by atoms with van der Waals surface area (Å²) < 4.78 is 18.8. The molecule has 1 N–H and O–H groups in total. The second-order valence-electron chi connectivity index (χ2n) is 6.99. The number of hydrogen-bond donors (Lipinski definition) is 1. The number of H-pyrrole nitrogens is 1. The number of carbonyl (C=O) groups is 1. The first-order valence-electron chi connectivity index (χ1n) is 9.81. The Labute approximate surface area is 178 Å². The Bertz CT molecular complexity index is 1020. The van der Waals surface area contributed by atoms with Gasteiger partial charge in [0.15, 0.2) is 11.0 Å². The Morgan fingerprint density at radius 1 is 1.37 bits per heavy atom. The number of aliphatic imine (C=N–C) groups is 1. The van der Waals surface area contributed by atoms with E-state index in [0.717, 1.165) is 18.6 Å². The summed E-state index contributed by atoms with van der Waals surface area (Å²) in [6.45, 7) is 7.41. The molecule has 1 aliphatic heterocycles. The van der Waals surface area contributed by atoms with Gasteiger partial charge >= 0.3 is 5.97 Å². The van der Waals surface area contributed by atoms with E-state index in [-0.39, 0.29) is 23.5 Å². The van der Waals surface area contributed by atoms with Crippen molar-refractivity contribution in [2.45, 2.75) is 37.8 Å². The number of fused-ring (bicyclic) bond motifs is 1. The third-order valence-electron chi connectivity index (χ3n) is 4.85. The number of benzene rings is 1. The first-order valence-corrected chi connectivity index (χ1v) is 10.8. The average molecular weight is 430 g/mol. The lowest BCUT2D eigenvalue weighted by Gasteiger charge is -2.30. The van der Waals surface area contributed by atoms with Crippen molar-refractivity contribution in [1.29, 1.82) is 0 Å². The summed E-state index contributed by atoms with van der Waals surface area (Å²) in [5, 5.41) is 0.495. The van der Waals surface area contributed by atoms with Gasteiger partial charge in [0.2, 0.25) is 0 Å². The van der Waals surface area contributed by atoms with Crippen LogP contribution >= 0.6 is 11.8 Å². The van der Waals surface area contributed by atoms with Crippen LogP contribution in [-0.4, -0.2) is 34.0 Å². The van der Waals surface area contributed by atoms with Crippen LogP contribution in [0.25, 0.3) is 0 Å². The van der Waals surface area contributed by atoms with Gasteiger partial charge in [-0.2, -0.15) is 0 Å². The molecule has 0 radical (unpaired) electrons. The lowest BCUT2D eigenvalue weighted by Crippen LogP contribution is -2.37. The van der Waals surface area contributed by atoms with Crippen molar-refractivity contribution < 1.29 is 13.9 Å². The molecular weight excluding hydrogens is 405 g/mol. The van der Waals surface area contributed by atoms with E-state index < -0.39 is 23.6 Å². The summed E-state index contributed by atoms with van der Waals surface area (Å²) >= 11 is 1.46. The predicted octanol–water partition coefficient (Wildman–Crippen LogP) is 4.38. The summed E-state index contributed by atoms with van der Waals surface area (Å²) in [5.74, 6) is -1.29. The number of nitrogens with one attached hydrogen (secondary N) is 1. The number of hydrogen-bond acceptors (Lipinski definition) is 6. The van der Waals surface area contributed by atoms with Gasteiger partial charge in [0, 0.05) is 17.4 Å². The van der Waals surface area contributed by atoms with Crippen molar-refractivity contribution in [3.05, 3.63) is 64.2 Å². The van der Waals surface area contributed by atoms with Crippen LogP contribution in [0.1, 0.15) is 43.7 Å². The molecule has 6 nitrogen and oxygen atoms in total. The van der Waals surface area contributed by atoms with E-state index >= 15 is 0 Å². The molecule has 3 rings (SSSR count). The van der Waals surface area contributed by atoms with Gasteiger partial charge in [-0.25, -0.2) is 14.4 Å². The minimum absolute atomic E-state index is 0.0488. The minimum atomic E-state index is -0.815. The SMILES string of the molecule is C=CCOC(=O)C1C(C)=Nc2nc(SCCCC)[nH]c(=O)c2C1c1ccc(F)cc1. The molecule has 0 fully saturated rings. The first kappa shape index (κ1) is 22.0. The summed E-state index contributed by atoms with van der Waals surface area (Å²) in [7, 11) is 0. The molecule has 0 saturated heterocycles. The molecule has 2 aromatic rings. The third-order valence-corrected chi connectivity index (χ3v) is 5.81. The highest BCUT2D eigenvalue weighted by Crippen LogP contribution is 2.40. The standard InChI is InChI=1S/C22H24FN3O3S/c1-4-6-12-30-22-25-19-18(20(27)26-22)17(14-7-9-15(23)10-8-14)16(13(3)24-19)21(28)29-11-5-2/h5,7-10,16-17H,2,4,6,11-12H2,1,3H3,(H,25,26,27). The van der Waals surface area contributed by atoms with Gasteiger partial charge in [-0.1, -0.05) is 49.9 Å². The van der Waals surface area contributed by atoms with E-state index in [1.165, 1.54) is 30.0 Å². The van der Waals surface area contributed by atoms with Gasteiger partial charge in [-0.05, 0) is 31.0 Å².